The van der Waals surface area contributed by atoms with Crippen molar-refractivity contribution in [1.82, 2.24) is 19.7 Å². The highest BCUT2D eigenvalue weighted by atomic mass is 16.5. The van der Waals surface area contributed by atoms with Crippen LogP contribution in [0.25, 0.3) is 5.95 Å². The van der Waals surface area contributed by atoms with E-state index in [0.717, 1.165) is 18.8 Å². The van der Waals surface area contributed by atoms with Crippen LogP contribution in [0, 0.1) is 0 Å². The summed E-state index contributed by atoms with van der Waals surface area (Å²) in [4.78, 5) is 22.7. The van der Waals surface area contributed by atoms with Crippen molar-refractivity contribution in [3.05, 3.63) is 24.8 Å². The van der Waals surface area contributed by atoms with Crippen LogP contribution in [0.15, 0.2) is 24.8 Å². The Labute approximate surface area is 140 Å². The summed E-state index contributed by atoms with van der Waals surface area (Å²) in [6, 6.07) is 0. The highest BCUT2D eigenvalue weighted by molar-refractivity contribution is 5.90. The fraction of sp³-hybridized carbons (Fsp3) is 0.500. The zero-order chi connectivity index (χ0) is 16.8. The van der Waals surface area contributed by atoms with Crippen LogP contribution >= 0.6 is 0 Å². The number of hydrogen-bond acceptors (Lipinski definition) is 6. The smallest absolute Gasteiger partial charge is 0.250 e. The molecule has 0 unspecified atom stereocenters. The molecular weight excluding hydrogens is 308 g/mol. The third-order valence-electron chi connectivity index (χ3n) is 3.95. The van der Waals surface area contributed by atoms with E-state index in [4.69, 9.17) is 4.74 Å². The minimum absolute atomic E-state index is 0.113. The number of methoxy groups -OCH3 is 1. The van der Waals surface area contributed by atoms with Crippen molar-refractivity contribution in [2.75, 3.05) is 37.0 Å². The van der Waals surface area contributed by atoms with E-state index in [9.17, 15) is 4.79 Å². The monoisotopic (exact) mass is 330 g/mol. The predicted molar refractivity (Wildman–Crippen MR) is 90.3 cm³/mol. The number of carbonyl (C=O) groups is 1. The largest absolute Gasteiger partial charge is 0.384 e. The minimum Gasteiger partial charge on any atom is -0.384 e. The van der Waals surface area contributed by atoms with E-state index in [1.807, 2.05) is 12.4 Å². The number of aromatic nitrogens is 4. The summed E-state index contributed by atoms with van der Waals surface area (Å²) in [6.07, 6.45) is 11.0. The zero-order valence-electron chi connectivity index (χ0n) is 13.8. The number of carbonyl (C=O) groups excluding carboxylic acids is 1. The lowest BCUT2D eigenvalue weighted by atomic mass is 10.1. The van der Waals surface area contributed by atoms with Gasteiger partial charge >= 0.3 is 0 Å². The lowest BCUT2D eigenvalue weighted by Crippen LogP contribution is -2.29. The fourth-order valence-corrected chi connectivity index (χ4v) is 2.66. The third-order valence-corrected chi connectivity index (χ3v) is 3.95. The molecule has 0 radical (unpaired) electrons. The molecule has 1 N–H and O–H groups in total. The molecule has 0 spiro atoms. The molecule has 1 amide bonds. The van der Waals surface area contributed by atoms with Crippen molar-refractivity contribution < 1.29 is 9.53 Å². The molecule has 2 aromatic heterocycles. The first-order valence-electron chi connectivity index (χ1n) is 8.17. The summed E-state index contributed by atoms with van der Waals surface area (Å²) < 4.78 is 6.43. The molecule has 24 heavy (non-hydrogen) atoms. The summed E-state index contributed by atoms with van der Waals surface area (Å²) in [5, 5.41) is 6.96. The summed E-state index contributed by atoms with van der Waals surface area (Å²) in [6.45, 7) is 2.51. The summed E-state index contributed by atoms with van der Waals surface area (Å²) >= 11 is 0. The quantitative estimate of drug-likeness (QED) is 0.866. The number of piperidine rings is 1. The van der Waals surface area contributed by atoms with Gasteiger partial charge in [-0.05, 0) is 19.3 Å². The van der Waals surface area contributed by atoms with Gasteiger partial charge in [0.1, 0.15) is 0 Å². The number of ether oxygens (including phenoxy) is 1. The van der Waals surface area contributed by atoms with E-state index in [-0.39, 0.29) is 5.91 Å². The number of anilines is 2. The number of rotatable bonds is 6. The van der Waals surface area contributed by atoms with Gasteiger partial charge < -0.3 is 15.0 Å². The first kappa shape index (κ1) is 16.4. The van der Waals surface area contributed by atoms with E-state index < -0.39 is 0 Å². The van der Waals surface area contributed by atoms with Crippen molar-refractivity contribution in [1.29, 1.82) is 0 Å². The van der Waals surface area contributed by atoms with Gasteiger partial charge in [0.05, 0.1) is 49.2 Å². The molecule has 0 saturated carbocycles. The van der Waals surface area contributed by atoms with E-state index >= 15 is 0 Å². The van der Waals surface area contributed by atoms with Crippen LogP contribution in [0.2, 0.25) is 0 Å². The van der Waals surface area contributed by atoms with Crippen LogP contribution in [-0.4, -0.2) is 52.5 Å². The maximum Gasteiger partial charge on any atom is 0.250 e. The Balaban J connectivity index is 1.63. The van der Waals surface area contributed by atoms with Gasteiger partial charge in [0.15, 0.2) is 0 Å². The zero-order valence-corrected chi connectivity index (χ0v) is 13.8. The van der Waals surface area contributed by atoms with Crippen molar-refractivity contribution in [3.63, 3.8) is 0 Å². The Morgan fingerprint density at radius 2 is 1.96 bits per heavy atom. The minimum atomic E-state index is -0.113. The Kier molecular flexibility index (Phi) is 5.37. The third kappa shape index (κ3) is 4.08. The fourth-order valence-electron chi connectivity index (χ4n) is 2.66. The van der Waals surface area contributed by atoms with Crippen LogP contribution in [0.5, 0.6) is 0 Å². The van der Waals surface area contributed by atoms with E-state index in [1.54, 1.807) is 24.2 Å². The lowest BCUT2D eigenvalue weighted by molar-refractivity contribution is -0.117. The molecule has 1 fully saturated rings. The lowest BCUT2D eigenvalue weighted by Gasteiger charge is -2.28. The Morgan fingerprint density at radius 1 is 1.21 bits per heavy atom. The highest BCUT2D eigenvalue weighted by Crippen LogP contribution is 2.18. The Bertz CT molecular complexity index is 663. The average molecular weight is 330 g/mol. The second kappa shape index (κ2) is 7.87. The molecule has 1 saturated heterocycles. The van der Waals surface area contributed by atoms with Crippen LogP contribution in [-0.2, 0) is 9.53 Å². The summed E-state index contributed by atoms with van der Waals surface area (Å²) in [5.41, 5.74) is 1.65. The Morgan fingerprint density at radius 3 is 2.67 bits per heavy atom. The van der Waals surface area contributed by atoms with Gasteiger partial charge in [0.25, 0.3) is 5.95 Å². The van der Waals surface area contributed by atoms with Gasteiger partial charge in [-0.1, -0.05) is 0 Å². The van der Waals surface area contributed by atoms with Crippen molar-refractivity contribution >= 4 is 17.3 Å². The molecule has 0 aliphatic carbocycles. The molecule has 1 aliphatic heterocycles. The molecule has 3 rings (SSSR count). The van der Waals surface area contributed by atoms with Crippen LogP contribution in [0.4, 0.5) is 11.4 Å². The molecule has 2 aromatic rings. The van der Waals surface area contributed by atoms with E-state index in [1.165, 1.54) is 19.3 Å². The molecule has 0 aromatic carbocycles. The van der Waals surface area contributed by atoms with Crippen molar-refractivity contribution in [3.8, 4) is 5.95 Å². The molecule has 0 bridgehead atoms. The second-order valence-corrected chi connectivity index (χ2v) is 5.75. The van der Waals surface area contributed by atoms with Gasteiger partial charge in [-0.3, -0.25) is 4.79 Å². The number of nitrogens with one attached hydrogen (secondary N) is 1. The van der Waals surface area contributed by atoms with Crippen molar-refractivity contribution in [2.24, 2.45) is 0 Å². The SMILES string of the molecule is COCCC(=O)Nc1cnn(-c2ncc(N3CCCCC3)cn2)c1. The summed E-state index contributed by atoms with van der Waals surface area (Å²) in [5.74, 6) is 0.367. The maximum atomic E-state index is 11.7. The number of amides is 1. The first-order valence-corrected chi connectivity index (χ1v) is 8.17. The van der Waals surface area contributed by atoms with Crippen LogP contribution in [0.3, 0.4) is 0 Å². The normalized spacial score (nSPS) is 14.6. The molecule has 1 aliphatic rings. The molecule has 3 heterocycles. The molecule has 128 valence electrons. The molecular formula is C16H22N6O2. The van der Waals surface area contributed by atoms with Gasteiger partial charge in [-0.2, -0.15) is 5.10 Å². The standard InChI is InChI=1S/C16H22N6O2/c1-24-8-5-15(23)20-13-9-19-22(12-13)16-17-10-14(11-18-16)21-6-3-2-4-7-21/h9-12H,2-8H2,1H3,(H,20,23). The summed E-state index contributed by atoms with van der Waals surface area (Å²) in [7, 11) is 1.57. The van der Waals surface area contributed by atoms with Gasteiger partial charge in [0, 0.05) is 20.2 Å². The maximum absolute atomic E-state index is 11.7. The van der Waals surface area contributed by atoms with Crippen molar-refractivity contribution in [2.45, 2.75) is 25.7 Å². The highest BCUT2D eigenvalue weighted by Gasteiger charge is 2.12. The number of nitrogens with zero attached hydrogens (tertiary/aromatic N) is 5. The van der Waals surface area contributed by atoms with E-state index in [2.05, 4.69) is 25.3 Å². The topological polar surface area (TPSA) is 85.2 Å². The second-order valence-electron chi connectivity index (χ2n) is 5.75. The molecule has 0 atom stereocenters. The van der Waals surface area contributed by atoms with Crippen LogP contribution in [0.1, 0.15) is 25.7 Å². The van der Waals surface area contributed by atoms with Gasteiger partial charge in [-0.15, -0.1) is 0 Å². The Hall–Kier alpha value is -2.48. The molecule has 8 heteroatoms. The van der Waals surface area contributed by atoms with Gasteiger partial charge in [0.2, 0.25) is 5.91 Å². The molecule has 8 nitrogen and oxygen atoms in total. The average Bonchev–Trinajstić information content (AvgIpc) is 3.09. The number of hydrogen-bond donors (Lipinski definition) is 1. The first-order chi connectivity index (χ1) is 11.8. The predicted octanol–water partition coefficient (Wildman–Crippen LogP) is 1.63. The van der Waals surface area contributed by atoms with Gasteiger partial charge in [-0.25, -0.2) is 14.6 Å². The van der Waals surface area contributed by atoms with E-state index in [0.29, 0.717) is 24.7 Å². The van der Waals surface area contributed by atoms with Crippen LogP contribution < -0.4 is 10.2 Å².